The summed E-state index contributed by atoms with van der Waals surface area (Å²) in [4.78, 5) is 53.6. The van der Waals surface area contributed by atoms with Crippen LogP contribution in [0.25, 0.3) is 21.8 Å². The number of carbonyl (C=O) groups excluding carboxylic acids is 3. The molecule has 11 nitrogen and oxygen atoms in total. The number of aromatic nitrogens is 3. The lowest BCUT2D eigenvalue weighted by Crippen LogP contribution is -2.28. The summed E-state index contributed by atoms with van der Waals surface area (Å²) in [5, 5.41) is 9.95. The molecule has 0 unspecified atom stereocenters. The maximum absolute atomic E-state index is 13.1. The van der Waals surface area contributed by atoms with E-state index < -0.39 is 0 Å². The van der Waals surface area contributed by atoms with E-state index in [9.17, 15) is 19.2 Å². The highest BCUT2D eigenvalue weighted by molar-refractivity contribution is 6.05. The molecule has 3 heterocycles. The fourth-order valence-electron chi connectivity index (χ4n) is 5.54. The molecular formula is C34H39N7O4. The van der Waals surface area contributed by atoms with Gasteiger partial charge < -0.3 is 34.6 Å². The van der Waals surface area contributed by atoms with E-state index in [1.165, 1.54) is 0 Å². The van der Waals surface area contributed by atoms with Crippen LogP contribution in [0.2, 0.25) is 0 Å². The third-order valence-corrected chi connectivity index (χ3v) is 7.75. The van der Waals surface area contributed by atoms with Crippen molar-refractivity contribution in [3.8, 4) is 0 Å². The fraction of sp³-hybridized carbons (Fsp3) is 0.294. The van der Waals surface area contributed by atoms with Crippen LogP contribution < -0.4 is 21.4 Å². The Morgan fingerprint density at radius 1 is 0.756 bits per heavy atom. The number of pyridine rings is 1. The summed E-state index contributed by atoms with van der Waals surface area (Å²) in [5.41, 5.74) is 3.49. The standard InChI is InChI=1S/C34H39N7O4/c1-38(2)17-10-16-35-33(44)29-20-24(22-39(29)3)37-34(45)30-19-23(21-40(30)4)36-31(42)15-9-18-41-27-13-7-5-11-25(27)32(43)26-12-6-8-14-28(26)41/h5-8,11-14,19-22H,9-10,15-18H2,1-4H3,(H,35,44)(H,36,42)(H,37,45). The molecule has 0 aliphatic rings. The molecule has 3 N–H and O–H groups in total. The number of fused-ring (bicyclic) bond motifs is 2. The zero-order valence-corrected chi connectivity index (χ0v) is 26.1. The monoisotopic (exact) mass is 609 g/mol. The average Bonchev–Trinajstić information content (AvgIpc) is 3.57. The number of hydrogen-bond donors (Lipinski definition) is 3. The molecule has 0 bridgehead atoms. The van der Waals surface area contributed by atoms with Gasteiger partial charge in [-0.15, -0.1) is 0 Å². The van der Waals surface area contributed by atoms with Gasteiger partial charge >= 0.3 is 0 Å². The Labute approximate surface area is 261 Å². The third-order valence-electron chi connectivity index (χ3n) is 7.75. The Morgan fingerprint density at radius 2 is 1.31 bits per heavy atom. The molecule has 234 valence electrons. The van der Waals surface area contributed by atoms with Crippen LogP contribution >= 0.6 is 0 Å². The second-order valence-corrected chi connectivity index (χ2v) is 11.5. The Bertz CT molecular complexity index is 1870. The van der Waals surface area contributed by atoms with Crippen LogP contribution in [0.4, 0.5) is 11.4 Å². The molecule has 0 saturated heterocycles. The zero-order valence-electron chi connectivity index (χ0n) is 26.1. The first-order chi connectivity index (χ1) is 21.6. The number of rotatable bonds is 12. The van der Waals surface area contributed by atoms with Crippen LogP contribution in [-0.4, -0.2) is 63.5 Å². The number of anilines is 2. The van der Waals surface area contributed by atoms with Crippen molar-refractivity contribution in [3.05, 3.63) is 94.7 Å². The molecule has 0 saturated carbocycles. The average molecular weight is 610 g/mol. The van der Waals surface area contributed by atoms with E-state index in [1.807, 2.05) is 62.6 Å². The number of carbonyl (C=O) groups is 3. The Hall–Kier alpha value is -5.16. The lowest BCUT2D eigenvalue weighted by atomic mass is 10.1. The third kappa shape index (κ3) is 7.15. The number of hydrogen-bond acceptors (Lipinski definition) is 5. The summed E-state index contributed by atoms with van der Waals surface area (Å²) in [6.07, 6.45) is 5.03. The molecular weight excluding hydrogens is 570 g/mol. The lowest BCUT2D eigenvalue weighted by Gasteiger charge is -2.15. The van der Waals surface area contributed by atoms with E-state index in [2.05, 4.69) is 25.4 Å². The van der Waals surface area contributed by atoms with Gasteiger partial charge in [0.2, 0.25) is 5.91 Å². The van der Waals surface area contributed by atoms with E-state index >= 15 is 0 Å². The van der Waals surface area contributed by atoms with Crippen molar-refractivity contribution in [3.63, 3.8) is 0 Å². The van der Waals surface area contributed by atoms with Crippen LogP contribution in [0.15, 0.2) is 77.9 Å². The van der Waals surface area contributed by atoms with Crippen LogP contribution in [0.5, 0.6) is 0 Å². The minimum atomic E-state index is -0.362. The normalized spacial score (nSPS) is 11.3. The Balaban J connectivity index is 1.18. The fourth-order valence-corrected chi connectivity index (χ4v) is 5.54. The molecule has 3 aromatic heterocycles. The molecule has 0 aliphatic heterocycles. The second kappa shape index (κ2) is 13.6. The molecule has 11 heteroatoms. The van der Waals surface area contributed by atoms with E-state index in [0.29, 0.717) is 53.0 Å². The predicted molar refractivity (Wildman–Crippen MR) is 178 cm³/mol. The summed E-state index contributed by atoms with van der Waals surface area (Å²) in [5.74, 6) is -0.743. The van der Waals surface area contributed by atoms with Crippen LogP contribution in [-0.2, 0) is 25.4 Å². The predicted octanol–water partition coefficient (Wildman–Crippen LogP) is 4.18. The molecule has 0 radical (unpaired) electrons. The molecule has 3 amide bonds. The van der Waals surface area contributed by atoms with Gasteiger partial charge in [0.05, 0.1) is 22.4 Å². The van der Waals surface area contributed by atoms with Crippen molar-refractivity contribution in [2.45, 2.75) is 25.8 Å². The quantitative estimate of drug-likeness (QED) is 0.145. The van der Waals surface area contributed by atoms with Gasteiger partial charge in [-0.25, -0.2) is 0 Å². The van der Waals surface area contributed by atoms with Gasteiger partial charge in [-0.1, -0.05) is 24.3 Å². The SMILES string of the molecule is CN(C)CCCNC(=O)c1cc(NC(=O)c2cc(NC(=O)CCCn3c4ccccc4c(=O)c4ccccc43)cn2C)cn1C. The lowest BCUT2D eigenvalue weighted by molar-refractivity contribution is -0.116. The highest BCUT2D eigenvalue weighted by Gasteiger charge is 2.17. The number of para-hydroxylation sites is 2. The first kappa shape index (κ1) is 31.3. The maximum atomic E-state index is 13.1. The maximum Gasteiger partial charge on any atom is 0.272 e. The van der Waals surface area contributed by atoms with Crippen molar-refractivity contribution in [2.75, 3.05) is 37.8 Å². The highest BCUT2D eigenvalue weighted by atomic mass is 16.2. The summed E-state index contributed by atoms with van der Waals surface area (Å²) >= 11 is 0. The summed E-state index contributed by atoms with van der Waals surface area (Å²) in [7, 11) is 7.45. The van der Waals surface area contributed by atoms with Crippen LogP contribution in [0.1, 0.15) is 40.2 Å². The highest BCUT2D eigenvalue weighted by Crippen LogP contribution is 2.21. The van der Waals surface area contributed by atoms with Crippen LogP contribution in [0, 0.1) is 0 Å². The van der Waals surface area contributed by atoms with E-state index in [1.54, 1.807) is 47.8 Å². The van der Waals surface area contributed by atoms with Crippen molar-refractivity contribution >= 4 is 50.9 Å². The molecule has 5 aromatic rings. The van der Waals surface area contributed by atoms with Gasteiger partial charge in [-0.05, 0) is 69.9 Å². The van der Waals surface area contributed by atoms with Gasteiger partial charge in [-0.3, -0.25) is 19.2 Å². The minimum absolute atomic E-state index is 0.00322. The molecule has 2 aromatic carbocycles. The number of nitrogens with one attached hydrogen (secondary N) is 3. The Kier molecular flexibility index (Phi) is 9.48. The first-order valence-electron chi connectivity index (χ1n) is 15.0. The van der Waals surface area contributed by atoms with Crippen molar-refractivity contribution < 1.29 is 14.4 Å². The molecule has 0 aliphatic carbocycles. The van der Waals surface area contributed by atoms with Gasteiger partial charge in [0.25, 0.3) is 11.8 Å². The van der Waals surface area contributed by atoms with Crippen molar-refractivity contribution in [1.82, 2.24) is 23.9 Å². The topological polar surface area (TPSA) is 122 Å². The Morgan fingerprint density at radius 3 is 1.91 bits per heavy atom. The molecule has 45 heavy (non-hydrogen) atoms. The summed E-state index contributed by atoms with van der Waals surface area (Å²) in [6.45, 7) is 1.99. The summed E-state index contributed by atoms with van der Waals surface area (Å²) in [6, 6.07) is 18.3. The smallest absolute Gasteiger partial charge is 0.272 e. The molecule has 0 spiro atoms. The molecule has 5 rings (SSSR count). The van der Waals surface area contributed by atoms with Gasteiger partial charge in [0.15, 0.2) is 5.43 Å². The number of amides is 3. The number of aryl methyl sites for hydroxylation is 3. The number of nitrogens with zero attached hydrogens (tertiary/aromatic N) is 4. The van der Waals surface area contributed by atoms with Crippen molar-refractivity contribution in [2.24, 2.45) is 14.1 Å². The van der Waals surface area contributed by atoms with Gasteiger partial charge in [0, 0.05) is 56.8 Å². The molecule has 0 fully saturated rings. The summed E-state index contributed by atoms with van der Waals surface area (Å²) < 4.78 is 5.41. The van der Waals surface area contributed by atoms with E-state index in [-0.39, 0.29) is 29.6 Å². The second-order valence-electron chi connectivity index (χ2n) is 11.5. The van der Waals surface area contributed by atoms with Gasteiger partial charge in [0.1, 0.15) is 11.4 Å². The number of benzene rings is 2. The first-order valence-corrected chi connectivity index (χ1v) is 15.0. The van der Waals surface area contributed by atoms with E-state index in [0.717, 1.165) is 24.0 Å². The van der Waals surface area contributed by atoms with E-state index in [4.69, 9.17) is 0 Å². The van der Waals surface area contributed by atoms with Gasteiger partial charge in [-0.2, -0.15) is 0 Å². The zero-order chi connectivity index (χ0) is 32.1. The largest absolute Gasteiger partial charge is 0.351 e. The van der Waals surface area contributed by atoms with Crippen LogP contribution in [0.3, 0.4) is 0 Å². The van der Waals surface area contributed by atoms with Crippen molar-refractivity contribution in [1.29, 1.82) is 0 Å². The minimum Gasteiger partial charge on any atom is -0.351 e. The molecule has 0 atom stereocenters.